The van der Waals surface area contributed by atoms with Gasteiger partial charge in [0, 0.05) is 61.2 Å². The molecule has 2 heterocycles. The first-order valence-corrected chi connectivity index (χ1v) is 13.7. The minimum absolute atomic E-state index is 0. The highest BCUT2D eigenvalue weighted by Crippen LogP contribution is 2.28. The van der Waals surface area contributed by atoms with Gasteiger partial charge in [-0.25, -0.2) is 4.98 Å². The molecular weight excluding hydrogens is 616 g/mol. The summed E-state index contributed by atoms with van der Waals surface area (Å²) in [7, 11) is 0. The maximum Gasteiger partial charge on any atom is 0.271 e. The molecule has 1 saturated heterocycles. The average molecular weight is 653 g/mol. The van der Waals surface area contributed by atoms with Gasteiger partial charge in [-0.05, 0) is 43.7 Å². The van der Waals surface area contributed by atoms with Crippen molar-refractivity contribution in [1.82, 2.24) is 19.8 Å². The molecule has 1 unspecified atom stereocenters. The molecule has 0 bridgehead atoms. The van der Waals surface area contributed by atoms with Crippen LogP contribution in [0.1, 0.15) is 21.7 Å². The Morgan fingerprint density at radius 1 is 0.905 bits per heavy atom. The Bertz CT molecular complexity index is 1430. The molecule has 4 aromatic rings. The van der Waals surface area contributed by atoms with Crippen LogP contribution in [-0.2, 0) is 0 Å². The Hall–Kier alpha value is -2.78. The third kappa shape index (κ3) is 7.98. The number of aliphatic hydroxyl groups excluding tert-OH is 1. The third-order valence-corrected chi connectivity index (χ3v) is 7.70. The van der Waals surface area contributed by atoms with Crippen molar-refractivity contribution >= 4 is 60.4 Å². The predicted octanol–water partition coefficient (Wildman–Crippen LogP) is 5.99. The molecule has 0 spiro atoms. The van der Waals surface area contributed by atoms with E-state index in [1.807, 2.05) is 91.2 Å². The lowest BCUT2D eigenvalue weighted by Gasteiger charge is -2.37. The maximum absolute atomic E-state index is 13.2. The van der Waals surface area contributed by atoms with E-state index in [2.05, 4.69) is 21.2 Å². The molecule has 1 amide bonds. The van der Waals surface area contributed by atoms with Crippen LogP contribution in [0.4, 0.5) is 5.69 Å². The summed E-state index contributed by atoms with van der Waals surface area (Å²) in [4.78, 5) is 22.5. The quantitative estimate of drug-likeness (QED) is 0.245. The van der Waals surface area contributed by atoms with Crippen LogP contribution in [0.25, 0.3) is 17.1 Å². The zero-order chi connectivity index (χ0) is 27.4. The molecule has 5 rings (SSSR count). The van der Waals surface area contributed by atoms with Gasteiger partial charge in [0.1, 0.15) is 11.5 Å². The lowest BCUT2D eigenvalue weighted by Crippen LogP contribution is -2.50. The number of nitrogens with zero attached hydrogens (tertiary/aromatic N) is 4. The van der Waals surface area contributed by atoms with Crippen LogP contribution in [-0.4, -0.2) is 70.8 Å². The molecule has 1 aliphatic heterocycles. The van der Waals surface area contributed by atoms with Gasteiger partial charge in [0.05, 0.1) is 11.8 Å². The Kier molecular flexibility index (Phi) is 13.6. The SMILES string of the molecule is Cc1c(Cl)cccc1N1CCN(CC(O)CNC(=O)c2nc(-c3ccccc3)n(-c3ccccc3)c2C)CC1.Cl.Cl.Cl. The van der Waals surface area contributed by atoms with Crippen molar-refractivity contribution in [3.63, 3.8) is 0 Å². The first-order valence-electron chi connectivity index (χ1n) is 13.3. The number of benzene rings is 3. The van der Waals surface area contributed by atoms with Gasteiger partial charge >= 0.3 is 0 Å². The molecule has 1 atom stereocenters. The Labute approximate surface area is 271 Å². The number of para-hydroxylation sites is 1. The molecule has 2 N–H and O–H groups in total. The van der Waals surface area contributed by atoms with Gasteiger partial charge in [-0.1, -0.05) is 66.2 Å². The summed E-state index contributed by atoms with van der Waals surface area (Å²) in [6.07, 6.45) is -0.682. The molecule has 42 heavy (non-hydrogen) atoms. The van der Waals surface area contributed by atoms with Crippen molar-refractivity contribution in [1.29, 1.82) is 0 Å². The van der Waals surface area contributed by atoms with Crippen molar-refractivity contribution in [3.05, 3.63) is 101 Å². The minimum atomic E-state index is -0.682. The number of β-amino-alcohol motifs (C(OH)–C–C–N with tert-alkyl or cyclic N) is 1. The zero-order valence-electron chi connectivity index (χ0n) is 23.6. The maximum atomic E-state index is 13.2. The van der Waals surface area contributed by atoms with Crippen molar-refractivity contribution in [2.45, 2.75) is 20.0 Å². The van der Waals surface area contributed by atoms with Crippen molar-refractivity contribution in [2.75, 3.05) is 44.2 Å². The standard InChI is InChI=1S/C31H34ClN5O2.3ClH/c1-22-27(32)14-9-15-28(22)36-18-16-35(17-19-36)21-26(38)20-33-31(39)29-23(2)37(25-12-7-4-8-13-25)30(34-29)24-10-5-3-6-11-24;;;/h3-15,26,38H,16-21H2,1-2H3,(H,33,39);3*1H. The Balaban J connectivity index is 0.00000205. The molecule has 1 fully saturated rings. The van der Waals surface area contributed by atoms with Crippen LogP contribution in [0.5, 0.6) is 0 Å². The summed E-state index contributed by atoms with van der Waals surface area (Å²) in [5, 5.41) is 14.4. The van der Waals surface area contributed by atoms with Gasteiger partial charge in [0.2, 0.25) is 0 Å². The Morgan fingerprint density at radius 3 is 2.17 bits per heavy atom. The predicted molar refractivity (Wildman–Crippen MR) is 179 cm³/mol. The van der Waals surface area contributed by atoms with E-state index >= 15 is 0 Å². The van der Waals surface area contributed by atoms with E-state index in [4.69, 9.17) is 16.6 Å². The molecule has 7 nitrogen and oxygen atoms in total. The van der Waals surface area contributed by atoms with E-state index in [0.29, 0.717) is 18.1 Å². The second-order valence-corrected chi connectivity index (χ2v) is 10.3. The number of aliphatic hydroxyl groups is 1. The third-order valence-electron chi connectivity index (χ3n) is 7.29. The van der Waals surface area contributed by atoms with E-state index in [1.54, 1.807) is 0 Å². The molecule has 1 aromatic heterocycles. The minimum Gasteiger partial charge on any atom is -0.390 e. The van der Waals surface area contributed by atoms with E-state index in [0.717, 1.165) is 59.4 Å². The number of piperazine rings is 1. The Morgan fingerprint density at radius 2 is 1.52 bits per heavy atom. The number of carbonyl (C=O) groups excluding carboxylic acids is 1. The first-order chi connectivity index (χ1) is 18.9. The molecule has 0 saturated carbocycles. The molecule has 0 aliphatic carbocycles. The molecule has 3 aromatic carbocycles. The lowest BCUT2D eigenvalue weighted by atomic mass is 10.1. The van der Waals surface area contributed by atoms with E-state index < -0.39 is 6.10 Å². The summed E-state index contributed by atoms with van der Waals surface area (Å²) < 4.78 is 2.00. The number of halogens is 4. The van der Waals surface area contributed by atoms with Crippen LogP contribution in [0.2, 0.25) is 5.02 Å². The number of imidazole rings is 1. The number of anilines is 1. The second kappa shape index (κ2) is 16.2. The van der Waals surface area contributed by atoms with Gasteiger partial charge in [0.15, 0.2) is 0 Å². The molecule has 1 aliphatic rings. The fraction of sp³-hybridized carbons (Fsp3) is 0.290. The van der Waals surface area contributed by atoms with Crippen LogP contribution < -0.4 is 10.2 Å². The summed E-state index contributed by atoms with van der Waals surface area (Å²) in [5.41, 5.74) is 5.23. The lowest BCUT2D eigenvalue weighted by molar-refractivity contribution is 0.0847. The number of rotatable bonds is 8. The molecule has 226 valence electrons. The average Bonchev–Trinajstić information content (AvgIpc) is 3.31. The van der Waals surface area contributed by atoms with Crippen molar-refractivity contribution in [3.8, 4) is 17.1 Å². The van der Waals surface area contributed by atoms with Gasteiger partial charge < -0.3 is 15.3 Å². The number of carbonyl (C=O) groups is 1. The normalized spacial score (nSPS) is 13.8. The summed E-state index contributed by atoms with van der Waals surface area (Å²) in [6, 6.07) is 25.7. The van der Waals surface area contributed by atoms with Crippen molar-refractivity contribution in [2.24, 2.45) is 0 Å². The largest absolute Gasteiger partial charge is 0.390 e. The topological polar surface area (TPSA) is 73.6 Å². The highest BCUT2D eigenvalue weighted by atomic mass is 35.5. The number of nitrogens with one attached hydrogen (secondary N) is 1. The molecule has 11 heteroatoms. The van der Waals surface area contributed by atoms with Gasteiger partial charge in [0.25, 0.3) is 5.91 Å². The van der Waals surface area contributed by atoms with Crippen LogP contribution in [0.15, 0.2) is 78.9 Å². The van der Waals surface area contributed by atoms with Gasteiger partial charge in [-0.2, -0.15) is 0 Å². The van der Waals surface area contributed by atoms with E-state index in [9.17, 15) is 9.90 Å². The molecule has 0 radical (unpaired) electrons. The fourth-order valence-electron chi connectivity index (χ4n) is 5.16. The van der Waals surface area contributed by atoms with Crippen LogP contribution >= 0.6 is 48.8 Å². The summed E-state index contributed by atoms with van der Waals surface area (Å²) >= 11 is 6.31. The first kappa shape index (κ1) is 35.4. The highest BCUT2D eigenvalue weighted by Gasteiger charge is 2.24. The number of hydrogen-bond acceptors (Lipinski definition) is 5. The molecular formula is C31H37Cl4N5O2. The van der Waals surface area contributed by atoms with E-state index in [-0.39, 0.29) is 49.7 Å². The second-order valence-electron chi connectivity index (χ2n) is 9.94. The van der Waals surface area contributed by atoms with E-state index in [1.165, 1.54) is 0 Å². The van der Waals surface area contributed by atoms with Gasteiger partial charge in [-0.3, -0.25) is 14.3 Å². The van der Waals surface area contributed by atoms with Gasteiger partial charge in [-0.15, -0.1) is 37.2 Å². The number of hydrogen-bond donors (Lipinski definition) is 2. The summed E-state index contributed by atoms with van der Waals surface area (Å²) in [6.45, 7) is 7.98. The highest BCUT2D eigenvalue weighted by molar-refractivity contribution is 6.31. The zero-order valence-corrected chi connectivity index (χ0v) is 26.8. The summed E-state index contributed by atoms with van der Waals surface area (Å²) in [5.74, 6) is 0.414. The van der Waals surface area contributed by atoms with Crippen LogP contribution in [0.3, 0.4) is 0 Å². The smallest absolute Gasteiger partial charge is 0.271 e. The monoisotopic (exact) mass is 651 g/mol. The van der Waals surface area contributed by atoms with Crippen molar-refractivity contribution < 1.29 is 9.90 Å². The number of amides is 1. The fourth-order valence-corrected chi connectivity index (χ4v) is 5.33. The number of aromatic nitrogens is 2. The van der Waals surface area contributed by atoms with Crippen LogP contribution in [0, 0.1) is 13.8 Å².